The van der Waals surface area contributed by atoms with E-state index < -0.39 is 6.04 Å². The molecule has 0 heterocycles. The van der Waals surface area contributed by atoms with Crippen LogP contribution in [-0.4, -0.2) is 42.2 Å². The molecule has 2 aromatic rings. The van der Waals surface area contributed by atoms with Crippen molar-refractivity contribution in [1.29, 1.82) is 0 Å². The molecule has 1 N–H and O–H groups in total. The Labute approximate surface area is 198 Å². The number of thioether (sulfide) groups is 1. The number of rotatable bonds is 12. The molecule has 168 valence electrons. The highest BCUT2D eigenvalue weighted by atomic mass is 79.9. The van der Waals surface area contributed by atoms with Crippen LogP contribution in [0.3, 0.4) is 0 Å². The van der Waals surface area contributed by atoms with Crippen LogP contribution in [0.2, 0.25) is 0 Å². The number of carbonyl (C=O) groups is 2. The molecule has 0 bridgehead atoms. The van der Waals surface area contributed by atoms with Crippen LogP contribution in [0.4, 0.5) is 0 Å². The zero-order chi connectivity index (χ0) is 22.6. The number of hydrogen-bond donors (Lipinski definition) is 1. The van der Waals surface area contributed by atoms with Crippen LogP contribution in [-0.2, 0) is 21.9 Å². The van der Waals surface area contributed by atoms with E-state index in [-0.39, 0.29) is 11.8 Å². The van der Waals surface area contributed by atoms with Crippen LogP contribution in [0, 0.1) is 0 Å². The first kappa shape index (κ1) is 25.3. The number of nitrogens with one attached hydrogen (secondary N) is 1. The number of benzene rings is 2. The number of ether oxygens (including phenoxy) is 1. The van der Waals surface area contributed by atoms with Crippen molar-refractivity contribution in [1.82, 2.24) is 10.2 Å². The van der Waals surface area contributed by atoms with Crippen LogP contribution in [0.25, 0.3) is 0 Å². The van der Waals surface area contributed by atoms with E-state index in [0.29, 0.717) is 25.3 Å². The summed E-state index contributed by atoms with van der Waals surface area (Å²) in [5, 5.41) is 2.95. The topological polar surface area (TPSA) is 58.6 Å². The molecule has 7 heteroatoms. The van der Waals surface area contributed by atoms with Crippen molar-refractivity contribution >= 4 is 39.5 Å². The summed E-state index contributed by atoms with van der Waals surface area (Å²) in [7, 11) is 1.62. The summed E-state index contributed by atoms with van der Waals surface area (Å²) in [6.45, 7) is 4.96. The maximum Gasteiger partial charge on any atom is 0.242 e. The van der Waals surface area contributed by atoms with Gasteiger partial charge in [0.2, 0.25) is 11.8 Å². The lowest BCUT2D eigenvalue weighted by atomic mass is 10.1. The normalized spacial score (nSPS) is 11.6. The van der Waals surface area contributed by atoms with Gasteiger partial charge >= 0.3 is 0 Å². The van der Waals surface area contributed by atoms with E-state index >= 15 is 0 Å². The molecule has 31 heavy (non-hydrogen) atoms. The van der Waals surface area contributed by atoms with Gasteiger partial charge in [-0.25, -0.2) is 0 Å². The van der Waals surface area contributed by atoms with Crippen molar-refractivity contribution in [3.63, 3.8) is 0 Å². The van der Waals surface area contributed by atoms with Gasteiger partial charge in [0.05, 0.1) is 12.9 Å². The Balaban J connectivity index is 2.10. The van der Waals surface area contributed by atoms with Crippen molar-refractivity contribution in [2.24, 2.45) is 0 Å². The number of halogens is 1. The van der Waals surface area contributed by atoms with E-state index in [2.05, 4.69) is 21.2 Å². The minimum atomic E-state index is -0.491. The lowest BCUT2D eigenvalue weighted by molar-refractivity contribution is -0.139. The molecule has 0 saturated heterocycles. The number of carbonyl (C=O) groups excluding carboxylic acids is 2. The summed E-state index contributed by atoms with van der Waals surface area (Å²) in [5.74, 6) is 1.71. The minimum absolute atomic E-state index is 0.0311. The monoisotopic (exact) mass is 506 g/mol. The van der Waals surface area contributed by atoms with Gasteiger partial charge in [0.15, 0.2) is 0 Å². The summed E-state index contributed by atoms with van der Waals surface area (Å²) in [4.78, 5) is 27.7. The Bertz CT molecular complexity index is 828. The van der Waals surface area contributed by atoms with Crippen LogP contribution in [0.1, 0.15) is 37.8 Å². The van der Waals surface area contributed by atoms with E-state index in [0.717, 1.165) is 33.5 Å². The van der Waals surface area contributed by atoms with Gasteiger partial charge in [-0.2, -0.15) is 0 Å². The third-order valence-electron chi connectivity index (χ3n) is 4.85. The van der Waals surface area contributed by atoms with Gasteiger partial charge < -0.3 is 15.0 Å². The molecule has 2 amide bonds. The maximum atomic E-state index is 13.2. The van der Waals surface area contributed by atoms with E-state index in [1.54, 1.807) is 23.8 Å². The number of amides is 2. The van der Waals surface area contributed by atoms with Crippen LogP contribution in [0.15, 0.2) is 53.0 Å². The molecule has 0 saturated carbocycles. The second-order valence-corrected chi connectivity index (χ2v) is 9.11. The second-order valence-electron chi connectivity index (χ2n) is 7.20. The van der Waals surface area contributed by atoms with Gasteiger partial charge in [0.1, 0.15) is 11.8 Å². The summed E-state index contributed by atoms with van der Waals surface area (Å²) < 4.78 is 6.26. The van der Waals surface area contributed by atoms with Gasteiger partial charge in [-0.1, -0.05) is 54.0 Å². The lowest BCUT2D eigenvalue weighted by Gasteiger charge is -2.30. The first-order valence-electron chi connectivity index (χ1n) is 10.5. The van der Waals surface area contributed by atoms with E-state index in [9.17, 15) is 9.59 Å². The Morgan fingerprint density at radius 3 is 2.29 bits per heavy atom. The lowest BCUT2D eigenvalue weighted by Crippen LogP contribution is -2.49. The number of hydrogen-bond acceptors (Lipinski definition) is 4. The summed E-state index contributed by atoms with van der Waals surface area (Å²) in [5.41, 5.74) is 2.13. The number of nitrogens with zero attached hydrogens (tertiary/aromatic N) is 1. The summed E-state index contributed by atoms with van der Waals surface area (Å²) in [6.07, 6.45) is 1.42. The van der Waals surface area contributed by atoms with E-state index in [1.807, 2.05) is 62.4 Å². The van der Waals surface area contributed by atoms with Crippen LogP contribution in [0.5, 0.6) is 5.75 Å². The van der Waals surface area contributed by atoms with E-state index in [4.69, 9.17) is 4.74 Å². The average molecular weight is 507 g/mol. The maximum absolute atomic E-state index is 13.2. The van der Waals surface area contributed by atoms with Gasteiger partial charge in [0.25, 0.3) is 0 Å². The van der Waals surface area contributed by atoms with E-state index in [1.165, 1.54) is 0 Å². The van der Waals surface area contributed by atoms with Crippen molar-refractivity contribution in [3.05, 3.63) is 64.1 Å². The molecule has 2 rings (SSSR count). The van der Waals surface area contributed by atoms with Crippen molar-refractivity contribution in [3.8, 4) is 5.75 Å². The number of methoxy groups -OCH3 is 1. The molecule has 0 radical (unpaired) electrons. The third-order valence-corrected chi connectivity index (χ3v) is 6.37. The Morgan fingerprint density at radius 1 is 1.06 bits per heavy atom. The van der Waals surface area contributed by atoms with Crippen molar-refractivity contribution < 1.29 is 14.3 Å². The molecule has 0 spiro atoms. The van der Waals surface area contributed by atoms with Gasteiger partial charge in [-0.3, -0.25) is 9.59 Å². The Kier molecular flexibility index (Phi) is 10.9. The SMILES string of the molecule is CCCNC(=O)[C@H](CC)N(Cc1ccc(OC)cc1)C(=O)CSCc1ccc(Br)cc1. The summed E-state index contributed by atoms with van der Waals surface area (Å²) in [6, 6.07) is 15.2. The zero-order valence-corrected chi connectivity index (χ0v) is 20.8. The molecule has 1 atom stereocenters. The third kappa shape index (κ3) is 8.22. The fourth-order valence-corrected chi connectivity index (χ4v) is 4.27. The minimum Gasteiger partial charge on any atom is -0.497 e. The molecular formula is C24H31BrN2O3S. The van der Waals surface area contributed by atoms with Crippen LogP contribution < -0.4 is 10.1 Å². The highest BCUT2D eigenvalue weighted by Gasteiger charge is 2.28. The summed E-state index contributed by atoms with van der Waals surface area (Å²) >= 11 is 5.00. The van der Waals surface area contributed by atoms with Crippen molar-refractivity contribution in [2.75, 3.05) is 19.4 Å². The second kappa shape index (κ2) is 13.4. The molecule has 2 aromatic carbocycles. The Morgan fingerprint density at radius 2 is 1.71 bits per heavy atom. The van der Waals surface area contributed by atoms with Gasteiger partial charge in [-0.05, 0) is 48.2 Å². The molecule has 5 nitrogen and oxygen atoms in total. The quantitative estimate of drug-likeness (QED) is 0.438. The molecule has 0 aliphatic carbocycles. The first-order valence-corrected chi connectivity index (χ1v) is 12.5. The van der Waals surface area contributed by atoms with Crippen LogP contribution >= 0.6 is 27.7 Å². The predicted octanol–water partition coefficient (Wildman–Crippen LogP) is 5.02. The Hall–Kier alpha value is -1.99. The molecular weight excluding hydrogens is 476 g/mol. The van der Waals surface area contributed by atoms with Gasteiger partial charge in [-0.15, -0.1) is 11.8 Å². The smallest absolute Gasteiger partial charge is 0.242 e. The average Bonchev–Trinajstić information content (AvgIpc) is 2.79. The predicted molar refractivity (Wildman–Crippen MR) is 131 cm³/mol. The molecule has 0 aromatic heterocycles. The van der Waals surface area contributed by atoms with Crippen molar-refractivity contribution in [2.45, 2.75) is 45.0 Å². The highest BCUT2D eigenvalue weighted by Crippen LogP contribution is 2.20. The standard InChI is InChI=1S/C24H31BrN2O3S/c1-4-14-26-24(29)22(5-2)27(15-18-8-12-21(30-3)13-9-18)23(28)17-31-16-19-6-10-20(25)11-7-19/h6-13,22H,4-5,14-17H2,1-3H3,(H,26,29)/t22-/m0/s1. The molecule has 0 fully saturated rings. The highest BCUT2D eigenvalue weighted by molar-refractivity contribution is 9.10. The molecule has 0 aliphatic heterocycles. The zero-order valence-electron chi connectivity index (χ0n) is 18.4. The van der Waals surface area contributed by atoms with Gasteiger partial charge in [0, 0.05) is 23.3 Å². The first-order chi connectivity index (χ1) is 15.0. The molecule has 0 aliphatic rings. The fourth-order valence-electron chi connectivity index (χ4n) is 3.13. The fraction of sp³-hybridized carbons (Fsp3) is 0.417. The largest absolute Gasteiger partial charge is 0.497 e. The molecule has 0 unspecified atom stereocenters.